The Morgan fingerprint density at radius 3 is 2.00 bits per heavy atom. The predicted octanol–water partition coefficient (Wildman–Crippen LogP) is 1.87. The molecule has 0 bridgehead atoms. The van der Waals surface area contributed by atoms with Crippen LogP contribution in [0.3, 0.4) is 0 Å². The number of rotatable bonds is 8. The molecule has 0 saturated heterocycles. The number of nitrogens with two attached hydrogens (primary N) is 1. The molecule has 0 aromatic heterocycles. The van der Waals surface area contributed by atoms with Crippen LogP contribution in [0.25, 0.3) is 0 Å². The Labute approximate surface area is 136 Å². The fraction of sp³-hybridized carbons (Fsp3) is 0.263. The number of carbonyl (C=O) groups excluding carboxylic acids is 2. The quantitative estimate of drug-likeness (QED) is 0.731. The van der Waals surface area contributed by atoms with Gasteiger partial charge in [-0.05, 0) is 24.0 Å². The molecule has 0 radical (unpaired) electrons. The summed E-state index contributed by atoms with van der Waals surface area (Å²) in [6, 6.07) is 18.6. The first-order chi connectivity index (χ1) is 11.2. The minimum absolute atomic E-state index is 0.225. The molecule has 0 fully saturated rings. The van der Waals surface area contributed by atoms with E-state index in [1.54, 1.807) is 0 Å². The van der Waals surface area contributed by atoms with Crippen molar-refractivity contribution in [3.05, 3.63) is 71.8 Å². The standard InChI is InChI=1S/C19H22N2O2/c20-18(14-16-9-5-2-6-10-16)19(23)21-17(11-12-22)13-15-7-3-1-4-8-15/h1-10,12,17-18H,11,13-14,20H2,(H,21,23). The van der Waals surface area contributed by atoms with Crippen LogP contribution in [0.2, 0.25) is 0 Å². The van der Waals surface area contributed by atoms with Crippen molar-refractivity contribution in [3.63, 3.8) is 0 Å². The van der Waals surface area contributed by atoms with Gasteiger partial charge in [-0.15, -0.1) is 0 Å². The molecule has 2 atom stereocenters. The van der Waals surface area contributed by atoms with Crippen LogP contribution < -0.4 is 11.1 Å². The van der Waals surface area contributed by atoms with Crippen LogP contribution in [-0.4, -0.2) is 24.3 Å². The molecule has 2 aromatic carbocycles. The van der Waals surface area contributed by atoms with Gasteiger partial charge in [-0.3, -0.25) is 4.79 Å². The molecule has 23 heavy (non-hydrogen) atoms. The summed E-state index contributed by atoms with van der Waals surface area (Å²) in [4.78, 5) is 23.1. The minimum Gasteiger partial charge on any atom is -0.351 e. The molecule has 4 nitrogen and oxygen atoms in total. The molecule has 4 heteroatoms. The van der Waals surface area contributed by atoms with E-state index in [2.05, 4.69) is 5.32 Å². The average Bonchev–Trinajstić information content (AvgIpc) is 2.57. The Morgan fingerprint density at radius 2 is 1.48 bits per heavy atom. The Morgan fingerprint density at radius 1 is 0.957 bits per heavy atom. The van der Waals surface area contributed by atoms with Gasteiger partial charge in [-0.1, -0.05) is 60.7 Å². The van der Waals surface area contributed by atoms with Crippen molar-refractivity contribution in [2.45, 2.75) is 31.3 Å². The number of hydrogen-bond acceptors (Lipinski definition) is 3. The summed E-state index contributed by atoms with van der Waals surface area (Å²) in [5.41, 5.74) is 8.09. The second-order valence-electron chi connectivity index (χ2n) is 5.59. The Kier molecular flexibility index (Phi) is 6.51. The van der Waals surface area contributed by atoms with Crippen LogP contribution in [0.15, 0.2) is 60.7 Å². The molecule has 0 aliphatic heterocycles. The largest absolute Gasteiger partial charge is 0.351 e. The Bertz CT molecular complexity index is 614. The van der Waals surface area contributed by atoms with E-state index in [1.807, 2.05) is 60.7 Å². The number of hydrogen-bond donors (Lipinski definition) is 2. The molecule has 2 aromatic rings. The molecule has 2 rings (SSSR count). The van der Waals surface area contributed by atoms with Crippen molar-refractivity contribution in [2.24, 2.45) is 5.73 Å². The highest BCUT2D eigenvalue weighted by Crippen LogP contribution is 2.07. The van der Waals surface area contributed by atoms with E-state index < -0.39 is 6.04 Å². The molecule has 0 heterocycles. The molecular weight excluding hydrogens is 288 g/mol. The monoisotopic (exact) mass is 310 g/mol. The van der Waals surface area contributed by atoms with Gasteiger partial charge in [0.25, 0.3) is 0 Å². The van der Waals surface area contributed by atoms with Crippen LogP contribution in [0.1, 0.15) is 17.5 Å². The lowest BCUT2D eigenvalue weighted by Gasteiger charge is -2.19. The van der Waals surface area contributed by atoms with E-state index >= 15 is 0 Å². The maximum absolute atomic E-state index is 12.3. The highest BCUT2D eigenvalue weighted by Gasteiger charge is 2.18. The number of amides is 1. The van der Waals surface area contributed by atoms with E-state index in [1.165, 1.54) is 0 Å². The van der Waals surface area contributed by atoms with Gasteiger partial charge < -0.3 is 15.8 Å². The van der Waals surface area contributed by atoms with Crippen molar-refractivity contribution in [2.75, 3.05) is 0 Å². The molecule has 1 amide bonds. The molecule has 2 unspecified atom stereocenters. The third-order valence-electron chi connectivity index (χ3n) is 3.69. The minimum atomic E-state index is -0.623. The van der Waals surface area contributed by atoms with Gasteiger partial charge in [-0.25, -0.2) is 0 Å². The summed E-state index contributed by atoms with van der Waals surface area (Å²) >= 11 is 0. The normalized spacial score (nSPS) is 13.1. The third-order valence-corrected chi connectivity index (χ3v) is 3.69. The lowest BCUT2D eigenvalue weighted by molar-refractivity contribution is -0.123. The second kappa shape index (κ2) is 8.86. The zero-order valence-electron chi connectivity index (χ0n) is 13.0. The lowest BCUT2D eigenvalue weighted by Crippen LogP contribution is -2.47. The average molecular weight is 310 g/mol. The zero-order chi connectivity index (χ0) is 16.5. The molecule has 0 aliphatic carbocycles. The van der Waals surface area contributed by atoms with Gasteiger partial charge in [0.15, 0.2) is 0 Å². The fourth-order valence-electron chi connectivity index (χ4n) is 2.48. The van der Waals surface area contributed by atoms with Crippen LogP contribution in [0.5, 0.6) is 0 Å². The first-order valence-corrected chi connectivity index (χ1v) is 7.76. The lowest BCUT2D eigenvalue weighted by atomic mass is 10.0. The molecular formula is C19H22N2O2. The van der Waals surface area contributed by atoms with Gasteiger partial charge in [0.05, 0.1) is 6.04 Å². The van der Waals surface area contributed by atoms with Crippen molar-refractivity contribution in [1.29, 1.82) is 0 Å². The number of benzene rings is 2. The van der Waals surface area contributed by atoms with Gasteiger partial charge in [0, 0.05) is 12.5 Å². The van der Waals surface area contributed by atoms with Gasteiger partial charge in [-0.2, -0.15) is 0 Å². The Hall–Kier alpha value is -2.46. The summed E-state index contributed by atoms with van der Waals surface area (Å²) in [5.74, 6) is -0.225. The van der Waals surface area contributed by atoms with Gasteiger partial charge >= 0.3 is 0 Å². The van der Waals surface area contributed by atoms with E-state index in [-0.39, 0.29) is 18.4 Å². The van der Waals surface area contributed by atoms with Crippen LogP contribution in [0, 0.1) is 0 Å². The smallest absolute Gasteiger partial charge is 0.237 e. The van der Waals surface area contributed by atoms with Crippen LogP contribution >= 0.6 is 0 Å². The molecule has 3 N–H and O–H groups in total. The van der Waals surface area contributed by atoms with Gasteiger partial charge in [0.1, 0.15) is 6.29 Å². The van der Waals surface area contributed by atoms with E-state index in [0.717, 1.165) is 17.4 Å². The summed E-state index contributed by atoms with van der Waals surface area (Å²) in [7, 11) is 0. The SMILES string of the molecule is NC(Cc1ccccc1)C(=O)NC(CC=O)Cc1ccccc1. The van der Waals surface area contributed by atoms with Crippen molar-refractivity contribution in [1.82, 2.24) is 5.32 Å². The fourth-order valence-corrected chi connectivity index (χ4v) is 2.48. The van der Waals surface area contributed by atoms with E-state index in [4.69, 9.17) is 5.73 Å². The van der Waals surface area contributed by atoms with E-state index in [0.29, 0.717) is 12.8 Å². The molecule has 0 aliphatic rings. The summed E-state index contributed by atoms with van der Waals surface area (Å²) < 4.78 is 0. The number of nitrogens with one attached hydrogen (secondary N) is 1. The summed E-state index contributed by atoms with van der Waals surface area (Å²) in [5, 5.41) is 2.89. The zero-order valence-corrected chi connectivity index (χ0v) is 13.0. The molecule has 0 saturated carbocycles. The highest BCUT2D eigenvalue weighted by molar-refractivity contribution is 5.82. The second-order valence-corrected chi connectivity index (χ2v) is 5.59. The Balaban J connectivity index is 1.93. The number of aldehydes is 1. The summed E-state index contributed by atoms with van der Waals surface area (Å²) in [6.07, 6.45) is 2.20. The summed E-state index contributed by atoms with van der Waals surface area (Å²) in [6.45, 7) is 0. The first kappa shape index (κ1) is 16.9. The highest BCUT2D eigenvalue weighted by atomic mass is 16.2. The van der Waals surface area contributed by atoms with Gasteiger partial charge in [0.2, 0.25) is 5.91 Å². The maximum atomic E-state index is 12.3. The van der Waals surface area contributed by atoms with Crippen molar-refractivity contribution >= 4 is 12.2 Å². The topological polar surface area (TPSA) is 72.2 Å². The molecule has 0 spiro atoms. The molecule has 120 valence electrons. The predicted molar refractivity (Wildman–Crippen MR) is 90.9 cm³/mol. The van der Waals surface area contributed by atoms with E-state index in [9.17, 15) is 9.59 Å². The van der Waals surface area contributed by atoms with Crippen LogP contribution in [0.4, 0.5) is 0 Å². The maximum Gasteiger partial charge on any atom is 0.237 e. The first-order valence-electron chi connectivity index (χ1n) is 7.76. The number of carbonyl (C=O) groups is 2. The van der Waals surface area contributed by atoms with Crippen molar-refractivity contribution in [3.8, 4) is 0 Å². The van der Waals surface area contributed by atoms with Crippen molar-refractivity contribution < 1.29 is 9.59 Å². The van der Waals surface area contributed by atoms with Crippen LogP contribution in [-0.2, 0) is 22.4 Å². The third kappa shape index (κ3) is 5.68.